The molecular weight excluding hydrogens is 448 g/mol. The standard InChI is InChI=1S/C22H20N4O6S/c1-30-14-5-9-18(31-2)20(11-14)33(28,29)26-21-12-23-16-7-6-15(24-22(16)25-21)13-4-8-17(27)19(10-13)32-3/h4-12,27H,1-3H3,(H,24,25,26). The van der Waals surface area contributed by atoms with E-state index in [0.717, 1.165) is 0 Å². The van der Waals surface area contributed by atoms with Crippen molar-refractivity contribution < 1.29 is 27.7 Å². The van der Waals surface area contributed by atoms with Crippen LogP contribution in [0, 0.1) is 0 Å². The Hall–Kier alpha value is -4.12. The average molecular weight is 468 g/mol. The molecule has 0 saturated carbocycles. The summed E-state index contributed by atoms with van der Waals surface area (Å²) in [6.07, 6.45) is 1.30. The number of pyridine rings is 1. The quantitative estimate of drug-likeness (QED) is 0.419. The minimum absolute atomic E-state index is 0.00601. The molecule has 0 aliphatic heterocycles. The van der Waals surface area contributed by atoms with Crippen molar-refractivity contribution in [1.29, 1.82) is 0 Å². The molecule has 4 aromatic rings. The van der Waals surface area contributed by atoms with Crippen LogP contribution in [0.5, 0.6) is 23.0 Å². The highest BCUT2D eigenvalue weighted by Gasteiger charge is 2.22. The van der Waals surface area contributed by atoms with Gasteiger partial charge in [0.05, 0.1) is 33.2 Å². The topological polar surface area (TPSA) is 133 Å². The van der Waals surface area contributed by atoms with Crippen LogP contribution in [0.4, 0.5) is 5.82 Å². The maximum atomic E-state index is 13.0. The molecule has 2 aromatic carbocycles. The summed E-state index contributed by atoms with van der Waals surface area (Å²) in [5.74, 6) is 0.802. The SMILES string of the molecule is COc1ccc(OC)c(S(=O)(=O)Nc2cnc3ccc(-c4ccc(O)c(OC)c4)nc3n2)c1. The predicted molar refractivity (Wildman–Crippen MR) is 121 cm³/mol. The molecule has 0 bridgehead atoms. The van der Waals surface area contributed by atoms with Crippen LogP contribution < -0.4 is 18.9 Å². The van der Waals surface area contributed by atoms with Crippen molar-refractivity contribution in [3.63, 3.8) is 0 Å². The smallest absolute Gasteiger partial charge is 0.266 e. The van der Waals surface area contributed by atoms with Crippen LogP contribution in [0.2, 0.25) is 0 Å². The zero-order valence-electron chi connectivity index (χ0n) is 17.9. The first-order chi connectivity index (χ1) is 15.8. The highest BCUT2D eigenvalue weighted by molar-refractivity contribution is 7.92. The molecule has 0 unspecified atom stereocenters. The van der Waals surface area contributed by atoms with E-state index in [4.69, 9.17) is 14.2 Å². The predicted octanol–water partition coefficient (Wildman–Crippen LogP) is 3.22. The van der Waals surface area contributed by atoms with Gasteiger partial charge < -0.3 is 19.3 Å². The lowest BCUT2D eigenvalue weighted by atomic mass is 10.1. The Morgan fingerprint density at radius 2 is 1.67 bits per heavy atom. The fraction of sp³-hybridized carbons (Fsp3) is 0.136. The summed E-state index contributed by atoms with van der Waals surface area (Å²) in [5, 5.41) is 9.81. The monoisotopic (exact) mass is 468 g/mol. The third-order valence-corrected chi connectivity index (χ3v) is 6.16. The summed E-state index contributed by atoms with van der Waals surface area (Å²) >= 11 is 0. The van der Waals surface area contributed by atoms with Crippen molar-refractivity contribution in [2.75, 3.05) is 26.1 Å². The minimum atomic E-state index is -4.06. The molecule has 33 heavy (non-hydrogen) atoms. The van der Waals surface area contributed by atoms with Crippen LogP contribution in [0.1, 0.15) is 0 Å². The van der Waals surface area contributed by atoms with Gasteiger partial charge in [-0.15, -0.1) is 0 Å². The van der Waals surface area contributed by atoms with E-state index in [1.54, 1.807) is 30.3 Å². The number of fused-ring (bicyclic) bond motifs is 1. The summed E-state index contributed by atoms with van der Waals surface area (Å²) in [6.45, 7) is 0. The number of benzene rings is 2. The number of sulfonamides is 1. The van der Waals surface area contributed by atoms with E-state index in [2.05, 4.69) is 19.7 Å². The summed E-state index contributed by atoms with van der Waals surface area (Å²) in [7, 11) is 0.203. The van der Waals surface area contributed by atoms with Crippen LogP contribution in [-0.4, -0.2) is 49.8 Å². The van der Waals surface area contributed by atoms with Gasteiger partial charge in [0, 0.05) is 11.6 Å². The molecule has 2 heterocycles. The van der Waals surface area contributed by atoms with Crippen molar-refractivity contribution in [3.05, 3.63) is 54.7 Å². The van der Waals surface area contributed by atoms with Gasteiger partial charge in [0.2, 0.25) is 0 Å². The van der Waals surface area contributed by atoms with Gasteiger partial charge in [0.1, 0.15) is 21.9 Å². The lowest BCUT2D eigenvalue weighted by Crippen LogP contribution is -2.15. The maximum absolute atomic E-state index is 13.0. The number of nitrogens with one attached hydrogen (secondary N) is 1. The summed E-state index contributed by atoms with van der Waals surface area (Å²) < 4.78 is 43.9. The Kier molecular flexibility index (Phi) is 5.88. The second-order valence-corrected chi connectivity index (χ2v) is 8.45. The fourth-order valence-corrected chi connectivity index (χ4v) is 4.30. The Labute approximate surface area is 189 Å². The van der Waals surface area contributed by atoms with Gasteiger partial charge in [-0.3, -0.25) is 4.72 Å². The Morgan fingerprint density at radius 1 is 0.879 bits per heavy atom. The molecule has 0 fully saturated rings. The second-order valence-electron chi connectivity index (χ2n) is 6.80. The molecule has 10 nitrogen and oxygen atoms in total. The van der Waals surface area contributed by atoms with Gasteiger partial charge in [0.25, 0.3) is 10.0 Å². The first kappa shape index (κ1) is 22.1. The van der Waals surface area contributed by atoms with E-state index in [-0.39, 0.29) is 27.9 Å². The number of ether oxygens (including phenoxy) is 3. The number of phenols is 1. The van der Waals surface area contributed by atoms with Crippen LogP contribution in [0.3, 0.4) is 0 Å². The maximum Gasteiger partial charge on any atom is 0.266 e. The first-order valence-corrected chi connectivity index (χ1v) is 11.1. The molecule has 2 aromatic heterocycles. The molecule has 170 valence electrons. The highest BCUT2D eigenvalue weighted by Crippen LogP contribution is 2.32. The van der Waals surface area contributed by atoms with Crippen LogP contribution in [0.15, 0.2) is 59.6 Å². The van der Waals surface area contributed by atoms with Crippen molar-refractivity contribution >= 4 is 27.0 Å². The van der Waals surface area contributed by atoms with Crippen molar-refractivity contribution in [1.82, 2.24) is 15.0 Å². The molecule has 4 rings (SSSR count). The van der Waals surface area contributed by atoms with Crippen LogP contribution >= 0.6 is 0 Å². The summed E-state index contributed by atoms with van der Waals surface area (Å²) in [5.41, 5.74) is 1.94. The number of methoxy groups -OCH3 is 3. The zero-order chi connectivity index (χ0) is 23.6. The van der Waals surface area contributed by atoms with Crippen molar-refractivity contribution in [2.24, 2.45) is 0 Å². The number of anilines is 1. The van der Waals surface area contributed by atoms with Gasteiger partial charge in [-0.2, -0.15) is 0 Å². The molecule has 0 saturated heterocycles. The van der Waals surface area contributed by atoms with E-state index in [0.29, 0.717) is 28.3 Å². The van der Waals surface area contributed by atoms with Gasteiger partial charge in [0.15, 0.2) is 23.0 Å². The Morgan fingerprint density at radius 3 is 2.39 bits per heavy atom. The molecular formula is C22H20N4O6S. The number of aromatic hydroxyl groups is 1. The number of phenolic OH excluding ortho intramolecular Hbond substituents is 1. The third-order valence-electron chi connectivity index (χ3n) is 4.78. The molecule has 0 radical (unpaired) electrons. The number of hydrogen-bond donors (Lipinski definition) is 2. The molecule has 0 aliphatic rings. The van der Waals surface area contributed by atoms with Crippen LogP contribution in [-0.2, 0) is 10.0 Å². The second kappa shape index (κ2) is 8.79. The van der Waals surface area contributed by atoms with E-state index in [1.807, 2.05) is 0 Å². The lowest BCUT2D eigenvalue weighted by Gasteiger charge is -2.12. The molecule has 0 atom stereocenters. The van der Waals surface area contributed by atoms with E-state index < -0.39 is 10.0 Å². The number of aromatic nitrogens is 3. The van der Waals surface area contributed by atoms with Crippen molar-refractivity contribution in [2.45, 2.75) is 4.90 Å². The summed E-state index contributed by atoms with van der Waals surface area (Å²) in [4.78, 5) is 12.9. The van der Waals surface area contributed by atoms with Gasteiger partial charge >= 0.3 is 0 Å². The fourth-order valence-electron chi connectivity index (χ4n) is 3.13. The van der Waals surface area contributed by atoms with Gasteiger partial charge in [-0.25, -0.2) is 23.4 Å². The van der Waals surface area contributed by atoms with E-state index in [1.165, 1.54) is 45.7 Å². The van der Waals surface area contributed by atoms with Crippen LogP contribution in [0.25, 0.3) is 22.4 Å². The average Bonchev–Trinajstić information content (AvgIpc) is 2.83. The normalized spacial score (nSPS) is 11.2. The third kappa shape index (κ3) is 4.44. The molecule has 0 spiro atoms. The van der Waals surface area contributed by atoms with Gasteiger partial charge in [-0.1, -0.05) is 0 Å². The molecule has 0 amide bonds. The van der Waals surface area contributed by atoms with E-state index in [9.17, 15) is 13.5 Å². The largest absolute Gasteiger partial charge is 0.504 e. The van der Waals surface area contributed by atoms with Gasteiger partial charge in [-0.05, 0) is 42.5 Å². The summed E-state index contributed by atoms with van der Waals surface area (Å²) in [6, 6.07) is 12.7. The first-order valence-electron chi connectivity index (χ1n) is 9.60. The minimum Gasteiger partial charge on any atom is -0.504 e. The number of hydrogen-bond acceptors (Lipinski definition) is 9. The molecule has 11 heteroatoms. The van der Waals surface area contributed by atoms with E-state index >= 15 is 0 Å². The number of rotatable bonds is 7. The zero-order valence-corrected chi connectivity index (χ0v) is 18.8. The Balaban J connectivity index is 1.71. The highest BCUT2D eigenvalue weighted by atomic mass is 32.2. The molecule has 2 N–H and O–H groups in total. The lowest BCUT2D eigenvalue weighted by molar-refractivity contribution is 0.373. The van der Waals surface area contributed by atoms with Crippen molar-refractivity contribution in [3.8, 4) is 34.3 Å². The molecule has 0 aliphatic carbocycles. The Bertz CT molecular complexity index is 1440. The number of nitrogens with zero attached hydrogens (tertiary/aromatic N) is 3.